The van der Waals surface area contributed by atoms with E-state index in [1.807, 2.05) is 0 Å². The topological polar surface area (TPSA) is 98.5 Å². The molecule has 1 rings (SSSR count). The van der Waals surface area contributed by atoms with Gasteiger partial charge in [0.25, 0.3) is 0 Å². The van der Waals surface area contributed by atoms with Gasteiger partial charge in [-0.1, -0.05) is 0 Å². The van der Waals surface area contributed by atoms with Crippen molar-refractivity contribution in [1.82, 2.24) is 10.3 Å². The second-order valence-corrected chi connectivity index (χ2v) is 3.81. The second-order valence-electron chi connectivity index (χ2n) is 3.81. The minimum atomic E-state index is -0.0352. The zero-order valence-electron chi connectivity index (χ0n) is 11.2. The Morgan fingerprint density at radius 2 is 2.16 bits per heavy atom. The molecule has 0 radical (unpaired) electrons. The third-order valence-electron chi connectivity index (χ3n) is 2.37. The first kappa shape index (κ1) is 15.0. The zero-order chi connectivity index (χ0) is 14.1. The van der Waals surface area contributed by atoms with Gasteiger partial charge in [0, 0.05) is 26.6 Å². The van der Waals surface area contributed by atoms with Crippen molar-refractivity contribution >= 4 is 17.4 Å². The van der Waals surface area contributed by atoms with Crippen molar-refractivity contribution in [3.8, 4) is 5.88 Å². The molecule has 0 aliphatic carbocycles. The van der Waals surface area contributed by atoms with Gasteiger partial charge in [0.05, 0.1) is 19.4 Å². The number of nitrogens with one attached hydrogen (secondary N) is 2. The Hall–Kier alpha value is -2.02. The lowest BCUT2D eigenvalue weighted by Gasteiger charge is -2.09. The summed E-state index contributed by atoms with van der Waals surface area (Å²) in [6, 6.07) is 3.44. The summed E-state index contributed by atoms with van der Waals surface area (Å²) in [5.41, 5.74) is 6.13. The normalized spacial score (nSPS) is 10.0. The van der Waals surface area contributed by atoms with E-state index < -0.39 is 0 Å². The van der Waals surface area contributed by atoms with E-state index in [2.05, 4.69) is 15.6 Å². The zero-order valence-corrected chi connectivity index (χ0v) is 11.2. The molecule has 0 atom stereocenters. The average Bonchev–Trinajstić information content (AvgIpc) is 2.41. The summed E-state index contributed by atoms with van der Waals surface area (Å²) in [7, 11) is 3.10. The van der Waals surface area contributed by atoms with E-state index in [4.69, 9.17) is 15.2 Å². The molecule has 0 spiro atoms. The summed E-state index contributed by atoms with van der Waals surface area (Å²) in [6.07, 6.45) is 0.359. The van der Waals surface area contributed by atoms with Crippen LogP contribution in [0.2, 0.25) is 0 Å². The van der Waals surface area contributed by atoms with Crippen molar-refractivity contribution in [3.63, 3.8) is 0 Å². The van der Waals surface area contributed by atoms with Crippen LogP contribution in [0.1, 0.15) is 6.42 Å². The first-order valence-electron chi connectivity index (χ1n) is 5.97. The summed E-state index contributed by atoms with van der Waals surface area (Å²) in [6.45, 7) is 1.51. The number of hydrogen-bond acceptors (Lipinski definition) is 6. The molecule has 0 saturated carbocycles. The number of ether oxygens (including phenoxy) is 2. The van der Waals surface area contributed by atoms with Gasteiger partial charge in [0.1, 0.15) is 5.82 Å². The summed E-state index contributed by atoms with van der Waals surface area (Å²) in [5, 5.41) is 5.76. The molecule has 7 heteroatoms. The Balaban J connectivity index is 2.31. The Morgan fingerprint density at radius 1 is 1.37 bits per heavy atom. The highest BCUT2D eigenvalue weighted by Crippen LogP contribution is 2.19. The van der Waals surface area contributed by atoms with Gasteiger partial charge in [-0.3, -0.25) is 4.79 Å². The fourth-order valence-corrected chi connectivity index (χ4v) is 1.40. The number of methoxy groups -OCH3 is 2. The molecule has 4 N–H and O–H groups in total. The van der Waals surface area contributed by atoms with Crippen molar-refractivity contribution < 1.29 is 14.3 Å². The summed E-state index contributed by atoms with van der Waals surface area (Å²) in [5.74, 6) is 0.956. The van der Waals surface area contributed by atoms with Gasteiger partial charge in [0.15, 0.2) is 0 Å². The Bertz CT molecular complexity index is 412. The maximum Gasteiger partial charge on any atom is 0.238 e. The average molecular weight is 268 g/mol. The number of amides is 1. The number of carbonyl (C=O) groups is 1. The molecule has 1 heterocycles. The largest absolute Gasteiger partial charge is 0.479 e. The van der Waals surface area contributed by atoms with Gasteiger partial charge in [-0.15, -0.1) is 0 Å². The molecular formula is C12H20N4O3. The molecule has 106 valence electrons. The summed E-state index contributed by atoms with van der Waals surface area (Å²) >= 11 is 0. The van der Waals surface area contributed by atoms with Gasteiger partial charge in [-0.05, 0) is 12.1 Å². The van der Waals surface area contributed by atoms with E-state index >= 15 is 0 Å². The van der Waals surface area contributed by atoms with Crippen LogP contribution >= 0.6 is 0 Å². The minimum absolute atomic E-state index is 0.0352. The van der Waals surface area contributed by atoms with Crippen LogP contribution in [0.25, 0.3) is 0 Å². The molecule has 0 bridgehead atoms. The van der Waals surface area contributed by atoms with E-state index in [0.717, 1.165) is 0 Å². The van der Waals surface area contributed by atoms with Crippen LogP contribution < -0.4 is 21.1 Å². The molecule has 1 aromatic rings. The first-order chi connectivity index (χ1) is 9.17. The van der Waals surface area contributed by atoms with Gasteiger partial charge >= 0.3 is 0 Å². The van der Waals surface area contributed by atoms with E-state index in [9.17, 15) is 4.79 Å². The lowest BCUT2D eigenvalue weighted by atomic mass is 10.3. The third kappa shape index (κ3) is 5.43. The number of nitrogens with two attached hydrogens (primary N) is 1. The van der Waals surface area contributed by atoms with Gasteiger partial charge in [-0.25, -0.2) is 0 Å². The highest BCUT2D eigenvalue weighted by atomic mass is 16.5. The predicted octanol–water partition coefficient (Wildman–Crippen LogP) is 0.237. The van der Waals surface area contributed by atoms with Crippen LogP contribution in [0.15, 0.2) is 12.1 Å². The van der Waals surface area contributed by atoms with Gasteiger partial charge in [0.2, 0.25) is 11.8 Å². The van der Waals surface area contributed by atoms with Gasteiger partial charge in [-0.2, -0.15) is 4.98 Å². The Labute approximate surface area is 112 Å². The smallest absolute Gasteiger partial charge is 0.238 e. The minimum Gasteiger partial charge on any atom is -0.479 e. The van der Waals surface area contributed by atoms with E-state index in [1.54, 1.807) is 19.2 Å². The van der Waals surface area contributed by atoms with Crippen LogP contribution in [-0.4, -0.2) is 44.8 Å². The maximum atomic E-state index is 11.4. The molecule has 1 amide bonds. The van der Waals surface area contributed by atoms with Crippen molar-refractivity contribution in [2.24, 2.45) is 0 Å². The highest BCUT2D eigenvalue weighted by molar-refractivity contribution is 5.76. The van der Waals surface area contributed by atoms with E-state index in [-0.39, 0.29) is 5.91 Å². The monoisotopic (exact) mass is 268 g/mol. The number of hydrogen-bond donors (Lipinski definition) is 3. The molecule has 0 aliphatic heterocycles. The van der Waals surface area contributed by atoms with Crippen LogP contribution in [0, 0.1) is 0 Å². The fraction of sp³-hybridized carbons (Fsp3) is 0.500. The van der Waals surface area contributed by atoms with Crippen LogP contribution in [0.3, 0.4) is 0 Å². The SMILES string of the molecule is COCCNC(=O)CCNc1ccc(N)c(OC)n1. The number of aromatic nitrogens is 1. The molecule has 0 fully saturated rings. The molecular weight excluding hydrogens is 248 g/mol. The number of pyridine rings is 1. The van der Waals surface area contributed by atoms with Crippen LogP contribution in [0.4, 0.5) is 11.5 Å². The molecule has 0 aliphatic rings. The highest BCUT2D eigenvalue weighted by Gasteiger charge is 2.04. The number of carbonyl (C=O) groups excluding carboxylic acids is 1. The van der Waals surface area contributed by atoms with Crippen molar-refractivity contribution in [2.75, 3.05) is 45.0 Å². The number of anilines is 2. The van der Waals surface area contributed by atoms with Crippen molar-refractivity contribution in [1.29, 1.82) is 0 Å². The van der Waals surface area contributed by atoms with E-state index in [1.165, 1.54) is 7.11 Å². The lowest BCUT2D eigenvalue weighted by Crippen LogP contribution is -2.28. The predicted molar refractivity (Wildman–Crippen MR) is 73.2 cm³/mol. The summed E-state index contributed by atoms with van der Waals surface area (Å²) in [4.78, 5) is 15.6. The second kappa shape index (κ2) is 8.15. The van der Waals surface area contributed by atoms with Crippen LogP contribution in [0.5, 0.6) is 5.88 Å². The number of rotatable bonds is 8. The summed E-state index contributed by atoms with van der Waals surface area (Å²) < 4.78 is 9.85. The van der Waals surface area contributed by atoms with Gasteiger partial charge < -0.3 is 25.8 Å². The third-order valence-corrected chi connectivity index (χ3v) is 2.37. The molecule has 0 unspecified atom stereocenters. The van der Waals surface area contributed by atoms with Crippen molar-refractivity contribution in [2.45, 2.75) is 6.42 Å². The Kier molecular flexibility index (Phi) is 6.45. The van der Waals surface area contributed by atoms with Crippen LogP contribution in [-0.2, 0) is 9.53 Å². The molecule has 0 saturated heterocycles. The molecule has 19 heavy (non-hydrogen) atoms. The molecule has 0 aromatic carbocycles. The fourth-order valence-electron chi connectivity index (χ4n) is 1.40. The van der Waals surface area contributed by atoms with Crippen molar-refractivity contribution in [3.05, 3.63) is 12.1 Å². The van der Waals surface area contributed by atoms with E-state index in [0.29, 0.717) is 43.5 Å². The maximum absolute atomic E-state index is 11.4. The number of nitrogens with zero attached hydrogens (tertiary/aromatic N) is 1. The lowest BCUT2D eigenvalue weighted by molar-refractivity contribution is -0.121. The standard InChI is InChI=1S/C12H20N4O3/c1-18-8-7-15-11(17)5-6-14-10-4-3-9(13)12(16-10)19-2/h3-4H,5-8,13H2,1-2H3,(H,14,16)(H,15,17). The Morgan fingerprint density at radius 3 is 2.84 bits per heavy atom. The first-order valence-corrected chi connectivity index (χ1v) is 5.97. The molecule has 7 nitrogen and oxygen atoms in total. The quantitative estimate of drug-likeness (QED) is 0.584. The number of nitrogen functional groups attached to an aromatic ring is 1. The molecule has 1 aromatic heterocycles.